The standard InChI is InChI=1S/C100H59N3S3/c1-7-25-89-75(19-1)83-53-63(66-38-46-98-86(56-66)78-22-4-10-28-95(78)104-98)35-43-92(83)101(89)72-41-33-60(34-42-72)71-49-70-32-31-62(61-15-13-17-73(50-61)102-90-26-8-2-20-76(90)84-54-64(36-44-93(84)102)67-39-47-99-87(57-67)79-23-5-11-29-96(79)105-99)52-81(70)82(59-71)69-16-14-18-74(51-69)103-91-27-9-3-21-77(91)85-55-65(37-45-94(85)103)68-40-48-100-88(58-68)80-24-6-12-30-97(80)106-100/h1-59H. The van der Waals surface area contributed by atoms with E-state index < -0.39 is 0 Å². The van der Waals surface area contributed by atoms with E-state index in [4.69, 9.17) is 0 Å². The largest absolute Gasteiger partial charge is 0.309 e. The highest BCUT2D eigenvalue weighted by atomic mass is 32.1. The number of fused-ring (bicyclic) bond motifs is 19. The van der Waals surface area contributed by atoms with Gasteiger partial charge in [-0.05, 0) is 241 Å². The van der Waals surface area contributed by atoms with Crippen LogP contribution in [0, 0.1) is 0 Å². The van der Waals surface area contributed by atoms with E-state index in [-0.39, 0.29) is 0 Å². The Morgan fingerprint density at radius 3 is 0.906 bits per heavy atom. The van der Waals surface area contributed by atoms with Gasteiger partial charge in [-0.1, -0.05) is 194 Å². The van der Waals surface area contributed by atoms with E-state index in [0.29, 0.717) is 0 Å². The van der Waals surface area contributed by atoms with E-state index in [9.17, 15) is 0 Å². The van der Waals surface area contributed by atoms with Crippen LogP contribution in [0.4, 0.5) is 0 Å². The molecule has 0 saturated heterocycles. The summed E-state index contributed by atoms with van der Waals surface area (Å²) in [5, 5.41) is 17.7. The Labute approximate surface area is 621 Å². The lowest BCUT2D eigenvalue weighted by molar-refractivity contribution is 1.18. The third-order valence-corrected chi connectivity index (χ3v) is 25.9. The first-order valence-electron chi connectivity index (χ1n) is 36.2. The summed E-state index contributed by atoms with van der Waals surface area (Å²) in [4.78, 5) is 0. The zero-order valence-electron chi connectivity index (χ0n) is 57.1. The summed E-state index contributed by atoms with van der Waals surface area (Å²) in [6.07, 6.45) is 0. The van der Waals surface area contributed by atoms with Crippen molar-refractivity contribution in [2.24, 2.45) is 0 Å². The molecule has 0 fully saturated rings. The second-order valence-electron chi connectivity index (χ2n) is 28.3. The van der Waals surface area contributed by atoms with Crippen molar-refractivity contribution in [3.05, 3.63) is 358 Å². The second-order valence-corrected chi connectivity index (χ2v) is 31.5. The molecular weight excluding hydrogens is 1340 g/mol. The van der Waals surface area contributed by atoms with Gasteiger partial charge < -0.3 is 13.7 Å². The molecule has 6 heteroatoms. The fraction of sp³-hybridized carbons (Fsp3) is 0. The molecule has 0 spiro atoms. The average molecular weight is 1400 g/mol. The van der Waals surface area contributed by atoms with Gasteiger partial charge in [0.15, 0.2) is 0 Å². The second kappa shape index (κ2) is 23.3. The minimum absolute atomic E-state index is 1.11. The molecule has 0 aliphatic carbocycles. The Morgan fingerprint density at radius 1 is 0.151 bits per heavy atom. The van der Waals surface area contributed by atoms with Crippen molar-refractivity contribution in [2.45, 2.75) is 0 Å². The molecule has 0 aliphatic heterocycles. The van der Waals surface area contributed by atoms with Crippen LogP contribution in [0.2, 0.25) is 0 Å². The van der Waals surface area contributed by atoms with Gasteiger partial charge in [0.1, 0.15) is 0 Å². The molecule has 23 aromatic rings. The molecule has 0 saturated carbocycles. The molecule has 23 rings (SSSR count). The number of para-hydroxylation sites is 3. The highest BCUT2D eigenvalue weighted by molar-refractivity contribution is 7.26. The number of benzene rings is 17. The first kappa shape index (κ1) is 59.6. The lowest BCUT2D eigenvalue weighted by Gasteiger charge is -2.16. The molecule has 0 unspecified atom stereocenters. The molecule has 0 aliphatic rings. The molecular formula is C100H59N3S3. The normalized spacial score (nSPS) is 12.2. The molecule has 6 aromatic heterocycles. The van der Waals surface area contributed by atoms with Crippen LogP contribution in [0.5, 0.6) is 0 Å². The lowest BCUT2D eigenvalue weighted by Crippen LogP contribution is -1.95. The molecule has 0 amide bonds. The van der Waals surface area contributed by atoms with Crippen LogP contribution in [0.3, 0.4) is 0 Å². The van der Waals surface area contributed by atoms with Gasteiger partial charge in [0.2, 0.25) is 0 Å². The van der Waals surface area contributed by atoms with Gasteiger partial charge in [-0.3, -0.25) is 0 Å². The van der Waals surface area contributed by atoms with Crippen molar-refractivity contribution in [3.8, 4) is 83.8 Å². The van der Waals surface area contributed by atoms with E-state index in [2.05, 4.69) is 372 Å². The summed E-state index contributed by atoms with van der Waals surface area (Å²) in [6.45, 7) is 0. The van der Waals surface area contributed by atoms with Gasteiger partial charge in [-0.2, -0.15) is 0 Å². The number of thiophene rings is 3. The van der Waals surface area contributed by atoms with E-state index in [1.807, 2.05) is 34.0 Å². The molecule has 492 valence electrons. The quantitative estimate of drug-likeness (QED) is 0.137. The van der Waals surface area contributed by atoms with Crippen LogP contribution < -0.4 is 0 Å². The van der Waals surface area contributed by atoms with Crippen LogP contribution in [-0.2, 0) is 0 Å². The molecule has 17 aromatic carbocycles. The topological polar surface area (TPSA) is 14.8 Å². The van der Waals surface area contributed by atoms with Crippen molar-refractivity contribution in [3.63, 3.8) is 0 Å². The molecule has 0 bridgehead atoms. The van der Waals surface area contributed by atoms with Crippen LogP contribution in [0.15, 0.2) is 358 Å². The highest BCUT2D eigenvalue weighted by Crippen LogP contribution is 2.46. The summed E-state index contributed by atoms with van der Waals surface area (Å²) < 4.78 is 15.3. The number of hydrogen-bond donors (Lipinski definition) is 0. The van der Waals surface area contributed by atoms with Crippen molar-refractivity contribution in [1.29, 1.82) is 0 Å². The van der Waals surface area contributed by atoms with Crippen LogP contribution in [0.1, 0.15) is 0 Å². The fourth-order valence-corrected chi connectivity index (χ4v) is 20.7. The molecule has 0 N–H and O–H groups in total. The van der Waals surface area contributed by atoms with Gasteiger partial charge in [0, 0.05) is 110 Å². The Bertz CT molecular complexity index is 7650. The SMILES string of the molecule is c1cc(-c2ccc3cc(-c4ccc(-n5c6ccccc6c6cc(-c7ccc8sc9ccccc9c8c7)ccc65)cc4)cc(-c4cccc(-n5c6ccccc6c6cc(-c7ccc8sc9ccccc9c8c7)ccc65)c4)c3c2)cc(-n2c3ccccc3c3cc(-c4ccc5sc6ccccc6c5c4)ccc32)c1. The van der Waals surface area contributed by atoms with E-state index >= 15 is 0 Å². The summed E-state index contributed by atoms with van der Waals surface area (Å²) in [5.41, 5.74) is 24.7. The predicted molar refractivity (Wildman–Crippen MR) is 458 cm³/mol. The maximum absolute atomic E-state index is 2.47. The van der Waals surface area contributed by atoms with E-state index in [1.54, 1.807) is 0 Å². The van der Waals surface area contributed by atoms with Crippen molar-refractivity contribution >= 4 is 171 Å². The fourth-order valence-electron chi connectivity index (χ4n) is 17.4. The van der Waals surface area contributed by atoms with Gasteiger partial charge in [-0.15, -0.1) is 34.0 Å². The number of aromatic nitrogens is 3. The molecule has 0 radical (unpaired) electrons. The Balaban J connectivity index is 0.650. The smallest absolute Gasteiger partial charge is 0.0541 e. The maximum Gasteiger partial charge on any atom is 0.0541 e. The minimum atomic E-state index is 1.11. The number of hydrogen-bond acceptors (Lipinski definition) is 3. The van der Waals surface area contributed by atoms with Gasteiger partial charge in [-0.25, -0.2) is 0 Å². The average Bonchev–Trinajstić information content (AvgIpc) is 1.64. The molecule has 6 heterocycles. The first-order valence-corrected chi connectivity index (χ1v) is 38.7. The summed E-state index contributed by atoms with van der Waals surface area (Å²) in [7, 11) is 0. The third kappa shape index (κ3) is 9.28. The van der Waals surface area contributed by atoms with Crippen molar-refractivity contribution < 1.29 is 0 Å². The highest BCUT2D eigenvalue weighted by Gasteiger charge is 2.21. The van der Waals surface area contributed by atoms with Gasteiger partial charge in [0.25, 0.3) is 0 Å². The third-order valence-electron chi connectivity index (χ3n) is 22.4. The van der Waals surface area contributed by atoms with Crippen molar-refractivity contribution in [1.82, 2.24) is 13.7 Å². The van der Waals surface area contributed by atoms with E-state index in [0.717, 1.165) is 44.9 Å². The van der Waals surface area contributed by atoms with Crippen LogP contribution in [0.25, 0.3) is 221 Å². The van der Waals surface area contributed by atoms with E-state index in [1.165, 1.54) is 176 Å². The summed E-state index contributed by atoms with van der Waals surface area (Å²) in [5.74, 6) is 0. The first-order chi connectivity index (χ1) is 52.5. The van der Waals surface area contributed by atoms with Gasteiger partial charge in [0.05, 0.1) is 33.1 Å². The Morgan fingerprint density at radius 2 is 0.462 bits per heavy atom. The maximum atomic E-state index is 2.47. The van der Waals surface area contributed by atoms with Crippen LogP contribution >= 0.6 is 34.0 Å². The predicted octanol–water partition coefficient (Wildman–Crippen LogP) is 29.2. The lowest BCUT2D eigenvalue weighted by atomic mass is 9.90. The Kier molecular flexibility index (Phi) is 13.1. The van der Waals surface area contributed by atoms with Gasteiger partial charge >= 0.3 is 0 Å². The van der Waals surface area contributed by atoms with Crippen LogP contribution in [-0.4, -0.2) is 13.7 Å². The zero-order chi connectivity index (χ0) is 69.2. The Hall–Kier alpha value is -12.9. The number of nitrogens with zero attached hydrogens (tertiary/aromatic N) is 3. The molecule has 0 atom stereocenters. The molecule has 106 heavy (non-hydrogen) atoms. The van der Waals surface area contributed by atoms with Crippen molar-refractivity contribution in [2.75, 3.05) is 0 Å². The minimum Gasteiger partial charge on any atom is -0.309 e. The number of rotatable bonds is 9. The summed E-state index contributed by atoms with van der Waals surface area (Å²) >= 11 is 5.60. The summed E-state index contributed by atoms with van der Waals surface area (Å²) in [6, 6.07) is 135. The molecule has 3 nitrogen and oxygen atoms in total. The zero-order valence-corrected chi connectivity index (χ0v) is 59.6. The monoisotopic (exact) mass is 1400 g/mol.